The minimum Gasteiger partial charge on any atom is -0.388 e. The van der Waals surface area contributed by atoms with Crippen LogP contribution in [0.15, 0.2) is 18.3 Å². The van der Waals surface area contributed by atoms with E-state index in [1.807, 2.05) is 0 Å². The standard InChI is InChI=1S/C13H19N3O3/c1-9-5-6-10(8-16-9)12(17)19-13(18)11(15)4-2-3-7-14/h5-6,8,11H,2-4,7,14-15H2,1H3/t11-/m0/s1. The minimum absolute atomic E-state index is 0.230. The predicted octanol–water partition coefficient (Wildman–Crippen LogP) is 0.530. The third-order valence-corrected chi connectivity index (χ3v) is 2.61. The van der Waals surface area contributed by atoms with Gasteiger partial charge in [0, 0.05) is 11.9 Å². The molecule has 1 aromatic heterocycles. The van der Waals surface area contributed by atoms with E-state index in [0.717, 1.165) is 18.5 Å². The molecule has 1 aromatic rings. The molecule has 0 amide bonds. The first-order chi connectivity index (χ1) is 9.04. The predicted molar refractivity (Wildman–Crippen MR) is 70.3 cm³/mol. The van der Waals surface area contributed by atoms with E-state index in [0.29, 0.717) is 13.0 Å². The fraction of sp³-hybridized carbons (Fsp3) is 0.462. The van der Waals surface area contributed by atoms with Gasteiger partial charge in [-0.25, -0.2) is 9.59 Å². The summed E-state index contributed by atoms with van der Waals surface area (Å²) in [6.45, 7) is 2.35. The Morgan fingerprint density at radius 1 is 1.37 bits per heavy atom. The molecule has 4 N–H and O–H groups in total. The van der Waals surface area contributed by atoms with Gasteiger partial charge < -0.3 is 16.2 Å². The fourth-order valence-electron chi connectivity index (χ4n) is 1.44. The van der Waals surface area contributed by atoms with Crippen LogP contribution in [0.25, 0.3) is 0 Å². The van der Waals surface area contributed by atoms with Crippen molar-refractivity contribution >= 4 is 11.9 Å². The van der Waals surface area contributed by atoms with Crippen LogP contribution in [0.1, 0.15) is 35.3 Å². The van der Waals surface area contributed by atoms with Crippen molar-refractivity contribution in [3.05, 3.63) is 29.6 Å². The molecule has 0 saturated heterocycles. The molecule has 0 aliphatic heterocycles. The van der Waals surface area contributed by atoms with Crippen molar-refractivity contribution in [2.75, 3.05) is 6.54 Å². The van der Waals surface area contributed by atoms with Crippen molar-refractivity contribution in [1.29, 1.82) is 0 Å². The molecule has 6 nitrogen and oxygen atoms in total. The van der Waals surface area contributed by atoms with Crippen LogP contribution in [0.2, 0.25) is 0 Å². The molecule has 6 heteroatoms. The van der Waals surface area contributed by atoms with E-state index in [-0.39, 0.29) is 5.56 Å². The smallest absolute Gasteiger partial charge is 0.347 e. The monoisotopic (exact) mass is 265 g/mol. The number of aromatic nitrogens is 1. The van der Waals surface area contributed by atoms with Crippen molar-refractivity contribution in [2.24, 2.45) is 11.5 Å². The highest BCUT2D eigenvalue weighted by Crippen LogP contribution is 2.05. The molecule has 0 fully saturated rings. The molecule has 0 aliphatic rings. The number of nitrogens with zero attached hydrogens (tertiary/aromatic N) is 1. The second-order valence-corrected chi connectivity index (χ2v) is 4.29. The van der Waals surface area contributed by atoms with Gasteiger partial charge in [-0.15, -0.1) is 0 Å². The quantitative estimate of drug-likeness (QED) is 0.441. The number of carbonyl (C=O) groups excluding carboxylic acids is 2. The maximum atomic E-state index is 11.6. The van der Waals surface area contributed by atoms with Crippen LogP contribution in [-0.4, -0.2) is 29.5 Å². The molecule has 0 aromatic carbocycles. The molecule has 1 atom stereocenters. The zero-order valence-corrected chi connectivity index (χ0v) is 11.0. The normalized spacial score (nSPS) is 11.9. The van der Waals surface area contributed by atoms with Crippen LogP contribution < -0.4 is 11.5 Å². The van der Waals surface area contributed by atoms with E-state index in [1.54, 1.807) is 19.1 Å². The summed E-state index contributed by atoms with van der Waals surface area (Å²) in [5.41, 5.74) is 12.0. The Kier molecular flexibility index (Phi) is 6.11. The number of ether oxygens (including phenoxy) is 1. The van der Waals surface area contributed by atoms with Gasteiger partial charge >= 0.3 is 11.9 Å². The van der Waals surface area contributed by atoms with E-state index >= 15 is 0 Å². The van der Waals surface area contributed by atoms with Crippen molar-refractivity contribution in [2.45, 2.75) is 32.2 Å². The average Bonchev–Trinajstić information content (AvgIpc) is 2.39. The molecule has 0 unspecified atom stereocenters. The SMILES string of the molecule is Cc1ccc(C(=O)OC(=O)[C@@H](N)CCCCN)cn1. The first-order valence-electron chi connectivity index (χ1n) is 6.19. The third kappa shape index (κ3) is 5.15. The lowest BCUT2D eigenvalue weighted by atomic mass is 10.1. The number of pyridine rings is 1. The van der Waals surface area contributed by atoms with Gasteiger partial charge in [0.1, 0.15) is 6.04 Å². The lowest BCUT2D eigenvalue weighted by molar-refractivity contribution is -0.139. The average molecular weight is 265 g/mol. The summed E-state index contributed by atoms with van der Waals surface area (Å²) >= 11 is 0. The number of hydrogen-bond acceptors (Lipinski definition) is 6. The van der Waals surface area contributed by atoms with Gasteiger partial charge in [-0.1, -0.05) is 6.42 Å². The maximum Gasteiger partial charge on any atom is 0.347 e. The number of rotatable bonds is 6. The molecule has 0 aliphatic carbocycles. The summed E-state index contributed by atoms with van der Waals surface area (Å²) in [5, 5.41) is 0. The van der Waals surface area contributed by atoms with E-state index in [1.165, 1.54) is 6.20 Å². The number of hydrogen-bond donors (Lipinski definition) is 2. The van der Waals surface area contributed by atoms with Crippen LogP contribution in [-0.2, 0) is 9.53 Å². The summed E-state index contributed by atoms with van der Waals surface area (Å²) in [4.78, 5) is 27.2. The Hall–Kier alpha value is -1.79. The van der Waals surface area contributed by atoms with Crippen molar-refractivity contribution < 1.29 is 14.3 Å². The fourth-order valence-corrected chi connectivity index (χ4v) is 1.44. The molecule has 0 spiro atoms. The highest BCUT2D eigenvalue weighted by molar-refractivity contribution is 5.97. The largest absolute Gasteiger partial charge is 0.388 e. The Morgan fingerprint density at radius 3 is 2.68 bits per heavy atom. The molecule has 0 bridgehead atoms. The Morgan fingerprint density at radius 2 is 2.11 bits per heavy atom. The lowest BCUT2D eigenvalue weighted by Crippen LogP contribution is -2.33. The van der Waals surface area contributed by atoms with E-state index in [2.05, 4.69) is 4.98 Å². The molecule has 0 saturated carbocycles. The van der Waals surface area contributed by atoms with Crippen LogP contribution in [0, 0.1) is 6.92 Å². The van der Waals surface area contributed by atoms with Crippen LogP contribution in [0.5, 0.6) is 0 Å². The third-order valence-electron chi connectivity index (χ3n) is 2.61. The molecular weight excluding hydrogens is 246 g/mol. The number of aryl methyl sites for hydroxylation is 1. The number of unbranched alkanes of at least 4 members (excludes halogenated alkanes) is 1. The zero-order chi connectivity index (χ0) is 14.3. The maximum absolute atomic E-state index is 11.6. The number of nitrogens with two attached hydrogens (primary N) is 2. The van der Waals surface area contributed by atoms with Gasteiger partial charge in [-0.3, -0.25) is 4.98 Å². The highest BCUT2D eigenvalue weighted by atomic mass is 16.6. The second-order valence-electron chi connectivity index (χ2n) is 4.29. The Bertz CT molecular complexity index is 431. The molecule has 0 radical (unpaired) electrons. The Labute approximate surface area is 112 Å². The molecule has 1 heterocycles. The van der Waals surface area contributed by atoms with Gasteiger partial charge in [0.15, 0.2) is 0 Å². The van der Waals surface area contributed by atoms with Crippen molar-refractivity contribution in [3.8, 4) is 0 Å². The molecule has 1 rings (SSSR count). The van der Waals surface area contributed by atoms with E-state index in [9.17, 15) is 9.59 Å². The van der Waals surface area contributed by atoms with Gasteiger partial charge in [-0.2, -0.15) is 0 Å². The van der Waals surface area contributed by atoms with Crippen LogP contribution in [0.4, 0.5) is 0 Å². The van der Waals surface area contributed by atoms with Gasteiger partial charge in [-0.05, 0) is 38.4 Å². The van der Waals surface area contributed by atoms with E-state index in [4.69, 9.17) is 16.2 Å². The van der Waals surface area contributed by atoms with Crippen LogP contribution >= 0.6 is 0 Å². The topological polar surface area (TPSA) is 108 Å². The summed E-state index contributed by atoms with van der Waals surface area (Å²) in [7, 11) is 0. The van der Waals surface area contributed by atoms with E-state index < -0.39 is 18.0 Å². The molecular formula is C13H19N3O3. The molecule has 104 valence electrons. The summed E-state index contributed by atoms with van der Waals surface area (Å²) < 4.78 is 4.69. The minimum atomic E-state index is -0.797. The highest BCUT2D eigenvalue weighted by Gasteiger charge is 2.19. The second kappa shape index (κ2) is 7.60. The first-order valence-corrected chi connectivity index (χ1v) is 6.19. The zero-order valence-electron chi connectivity index (χ0n) is 11.0. The van der Waals surface area contributed by atoms with Crippen molar-refractivity contribution in [3.63, 3.8) is 0 Å². The first kappa shape index (κ1) is 15.3. The van der Waals surface area contributed by atoms with Crippen LogP contribution in [0.3, 0.4) is 0 Å². The summed E-state index contributed by atoms with van der Waals surface area (Å²) in [6.07, 6.45) is 3.34. The van der Waals surface area contributed by atoms with Crippen molar-refractivity contribution in [1.82, 2.24) is 4.98 Å². The summed E-state index contributed by atoms with van der Waals surface area (Å²) in [6, 6.07) is 2.43. The van der Waals surface area contributed by atoms with Gasteiger partial charge in [0.25, 0.3) is 0 Å². The summed E-state index contributed by atoms with van der Waals surface area (Å²) in [5.74, 6) is -1.45. The van der Waals surface area contributed by atoms with Gasteiger partial charge in [0.05, 0.1) is 5.56 Å². The number of carbonyl (C=O) groups is 2. The Balaban J connectivity index is 2.47. The number of esters is 2. The lowest BCUT2D eigenvalue weighted by Gasteiger charge is -2.09. The van der Waals surface area contributed by atoms with Gasteiger partial charge in [0.2, 0.25) is 0 Å². The molecule has 19 heavy (non-hydrogen) atoms.